The van der Waals surface area contributed by atoms with Crippen LogP contribution in [0.4, 0.5) is 0 Å². The van der Waals surface area contributed by atoms with Crippen molar-refractivity contribution in [1.82, 2.24) is 0 Å². The van der Waals surface area contributed by atoms with Crippen molar-refractivity contribution >= 4 is 29.4 Å². The van der Waals surface area contributed by atoms with Gasteiger partial charge in [-0.1, -0.05) is 23.7 Å². The van der Waals surface area contributed by atoms with Gasteiger partial charge in [0.2, 0.25) is 5.78 Å². The molecule has 0 atom stereocenters. The highest BCUT2D eigenvalue weighted by Gasteiger charge is 2.27. The van der Waals surface area contributed by atoms with Crippen LogP contribution in [0.15, 0.2) is 48.2 Å². The zero-order chi connectivity index (χ0) is 18.7. The number of rotatable bonds is 5. The number of esters is 1. The maximum Gasteiger partial charge on any atom is 0.344 e. The first-order chi connectivity index (χ1) is 12.4. The van der Waals surface area contributed by atoms with Gasteiger partial charge in [0.05, 0.1) is 11.7 Å². The van der Waals surface area contributed by atoms with Gasteiger partial charge >= 0.3 is 5.97 Å². The van der Waals surface area contributed by atoms with Crippen LogP contribution in [-0.4, -0.2) is 24.5 Å². The smallest absolute Gasteiger partial charge is 0.344 e. The van der Waals surface area contributed by atoms with E-state index in [1.807, 2.05) is 6.07 Å². The fourth-order valence-electron chi connectivity index (χ4n) is 2.44. The summed E-state index contributed by atoms with van der Waals surface area (Å²) in [6.07, 6.45) is 1.43. The molecule has 26 heavy (non-hydrogen) atoms. The van der Waals surface area contributed by atoms with Crippen molar-refractivity contribution in [3.05, 3.63) is 64.4 Å². The third-order valence-corrected chi connectivity index (χ3v) is 3.75. The van der Waals surface area contributed by atoms with Gasteiger partial charge in [0, 0.05) is 11.1 Å². The largest absolute Gasteiger partial charge is 0.482 e. The molecule has 3 rings (SSSR count). The molecule has 6 heteroatoms. The van der Waals surface area contributed by atoms with Gasteiger partial charge in [-0.2, -0.15) is 0 Å². The lowest BCUT2D eigenvalue weighted by atomic mass is 10.1. The molecule has 0 radical (unpaired) electrons. The molecule has 5 nitrogen and oxygen atoms in total. The number of ketones is 1. The SMILES string of the molecule is CC(C)OC(=O)COc1ccc2c(c1)O/C(=C/c1cccc(Cl)c1)C2=O. The average molecular weight is 373 g/mol. The van der Waals surface area contributed by atoms with E-state index in [4.69, 9.17) is 25.8 Å². The Kier molecular flexibility index (Phi) is 5.28. The Labute approximate surface area is 156 Å². The van der Waals surface area contributed by atoms with Gasteiger partial charge in [0.1, 0.15) is 11.5 Å². The zero-order valence-corrected chi connectivity index (χ0v) is 15.1. The van der Waals surface area contributed by atoms with Crippen molar-refractivity contribution in [2.75, 3.05) is 6.61 Å². The van der Waals surface area contributed by atoms with Crippen molar-refractivity contribution in [1.29, 1.82) is 0 Å². The number of hydrogen-bond donors (Lipinski definition) is 0. The molecule has 0 unspecified atom stereocenters. The van der Waals surface area contributed by atoms with Gasteiger partial charge in [0.25, 0.3) is 0 Å². The number of allylic oxidation sites excluding steroid dienone is 1. The molecule has 2 aromatic rings. The van der Waals surface area contributed by atoms with E-state index in [9.17, 15) is 9.59 Å². The first-order valence-electron chi connectivity index (χ1n) is 8.08. The molecule has 0 aromatic heterocycles. The van der Waals surface area contributed by atoms with E-state index in [-0.39, 0.29) is 24.3 Å². The molecule has 0 aliphatic carbocycles. The minimum atomic E-state index is -0.459. The van der Waals surface area contributed by atoms with Crippen LogP contribution in [-0.2, 0) is 9.53 Å². The fourth-order valence-corrected chi connectivity index (χ4v) is 2.64. The predicted molar refractivity (Wildman–Crippen MR) is 97.6 cm³/mol. The Morgan fingerprint density at radius 3 is 2.77 bits per heavy atom. The predicted octanol–water partition coefficient (Wildman–Crippen LogP) is 4.29. The van der Waals surface area contributed by atoms with Crippen molar-refractivity contribution < 1.29 is 23.8 Å². The maximum atomic E-state index is 12.4. The number of Topliss-reactive ketones (excluding diaryl/α,β-unsaturated/α-hetero) is 1. The Balaban J connectivity index is 1.73. The summed E-state index contributed by atoms with van der Waals surface area (Å²) in [5, 5.41) is 0.575. The Hall–Kier alpha value is -2.79. The number of ether oxygens (including phenoxy) is 3. The van der Waals surface area contributed by atoms with Crippen molar-refractivity contribution in [2.45, 2.75) is 20.0 Å². The van der Waals surface area contributed by atoms with Crippen LogP contribution in [0.2, 0.25) is 5.02 Å². The summed E-state index contributed by atoms with van der Waals surface area (Å²) in [4.78, 5) is 24.0. The normalized spacial score (nSPS) is 14.3. The van der Waals surface area contributed by atoms with Crippen LogP contribution in [0.25, 0.3) is 6.08 Å². The van der Waals surface area contributed by atoms with Crippen LogP contribution in [0, 0.1) is 0 Å². The Morgan fingerprint density at radius 2 is 2.04 bits per heavy atom. The number of benzene rings is 2. The highest BCUT2D eigenvalue weighted by Crippen LogP contribution is 2.35. The standard InChI is InChI=1S/C20H17ClO5/c1-12(2)25-19(22)11-24-15-6-7-16-17(10-15)26-18(20(16)23)9-13-4-3-5-14(21)8-13/h3-10,12H,11H2,1-2H3/b18-9+. The van der Waals surface area contributed by atoms with E-state index in [1.54, 1.807) is 56.3 Å². The molecule has 2 aromatic carbocycles. The summed E-state index contributed by atoms with van der Waals surface area (Å²) in [5.74, 6) is 0.336. The molecule has 0 fully saturated rings. The molecule has 0 spiro atoms. The third-order valence-electron chi connectivity index (χ3n) is 3.51. The van der Waals surface area contributed by atoms with Crippen molar-refractivity contribution in [3.8, 4) is 11.5 Å². The van der Waals surface area contributed by atoms with E-state index in [1.165, 1.54) is 0 Å². The number of hydrogen-bond acceptors (Lipinski definition) is 5. The Morgan fingerprint density at radius 1 is 1.23 bits per heavy atom. The van der Waals surface area contributed by atoms with Crippen LogP contribution in [0.5, 0.6) is 11.5 Å². The third kappa shape index (κ3) is 4.24. The molecule has 0 saturated carbocycles. The van der Waals surface area contributed by atoms with Crippen molar-refractivity contribution in [3.63, 3.8) is 0 Å². The van der Waals surface area contributed by atoms with Gasteiger partial charge in [-0.3, -0.25) is 4.79 Å². The number of halogens is 1. The summed E-state index contributed by atoms with van der Waals surface area (Å²) in [5.41, 5.74) is 1.21. The second-order valence-electron chi connectivity index (χ2n) is 5.98. The van der Waals surface area contributed by atoms with Gasteiger partial charge in [-0.15, -0.1) is 0 Å². The van der Waals surface area contributed by atoms with Crippen LogP contribution >= 0.6 is 11.6 Å². The van der Waals surface area contributed by atoms with Crippen LogP contribution in [0.3, 0.4) is 0 Å². The molecule has 1 aliphatic heterocycles. The summed E-state index contributed by atoms with van der Waals surface area (Å²) >= 11 is 5.96. The van der Waals surface area contributed by atoms with E-state index in [0.717, 1.165) is 5.56 Å². The second kappa shape index (κ2) is 7.62. The lowest BCUT2D eigenvalue weighted by molar-refractivity contribution is -0.149. The van der Waals surface area contributed by atoms with Gasteiger partial charge < -0.3 is 14.2 Å². The summed E-state index contributed by atoms with van der Waals surface area (Å²) < 4.78 is 16.0. The van der Waals surface area contributed by atoms with E-state index < -0.39 is 5.97 Å². The minimum absolute atomic E-state index is 0.203. The molecule has 1 heterocycles. The highest BCUT2D eigenvalue weighted by molar-refractivity contribution is 6.30. The summed E-state index contributed by atoms with van der Waals surface area (Å²) in [6.45, 7) is 3.32. The first-order valence-corrected chi connectivity index (χ1v) is 8.46. The van der Waals surface area contributed by atoms with Crippen molar-refractivity contribution in [2.24, 2.45) is 0 Å². The maximum absolute atomic E-state index is 12.4. The molecule has 0 bridgehead atoms. The van der Waals surface area contributed by atoms with Gasteiger partial charge in [0.15, 0.2) is 12.4 Å². The molecular formula is C20H17ClO5. The molecule has 134 valence electrons. The second-order valence-corrected chi connectivity index (χ2v) is 6.42. The monoisotopic (exact) mass is 372 g/mol. The average Bonchev–Trinajstić information content (AvgIpc) is 2.88. The van der Waals surface area contributed by atoms with E-state index in [2.05, 4.69) is 0 Å². The Bertz CT molecular complexity index is 886. The van der Waals surface area contributed by atoms with E-state index in [0.29, 0.717) is 22.1 Å². The zero-order valence-electron chi connectivity index (χ0n) is 14.3. The number of fused-ring (bicyclic) bond motifs is 1. The first kappa shape index (κ1) is 18.0. The fraction of sp³-hybridized carbons (Fsp3) is 0.200. The van der Waals surface area contributed by atoms with E-state index >= 15 is 0 Å². The molecular weight excluding hydrogens is 356 g/mol. The molecule has 1 aliphatic rings. The number of carbonyl (C=O) groups excluding carboxylic acids is 2. The molecule has 0 amide bonds. The lowest BCUT2D eigenvalue weighted by Gasteiger charge is -2.09. The van der Waals surface area contributed by atoms with Gasteiger partial charge in [-0.05, 0) is 49.8 Å². The van der Waals surface area contributed by atoms with Crippen LogP contribution in [0.1, 0.15) is 29.8 Å². The topological polar surface area (TPSA) is 61.8 Å². The van der Waals surface area contributed by atoms with Crippen LogP contribution < -0.4 is 9.47 Å². The lowest BCUT2D eigenvalue weighted by Crippen LogP contribution is -2.18. The summed E-state index contributed by atoms with van der Waals surface area (Å²) in [6, 6.07) is 11.9. The number of carbonyl (C=O) groups is 2. The molecule has 0 N–H and O–H groups in total. The quantitative estimate of drug-likeness (QED) is 0.579. The summed E-state index contributed by atoms with van der Waals surface area (Å²) in [7, 11) is 0. The minimum Gasteiger partial charge on any atom is -0.482 e. The van der Waals surface area contributed by atoms with Gasteiger partial charge in [-0.25, -0.2) is 4.79 Å². The molecule has 0 saturated heterocycles. The highest BCUT2D eigenvalue weighted by atomic mass is 35.5.